The summed E-state index contributed by atoms with van der Waals surface area (Å²) in [5.74, 6) is 0.627. The van der Waals surface area contributed by atoms with Crippen LogP contribution in [-0.4, -0.2) is 43.4 Å². The topological polar surface area (TPSA) is 38.8 Å². The van der Waals surface area contributed by atoms with Gasteiger partial charge >= 0.3 is 0 Å². The van der Waals surface area contributed by atoms with E-state index in [1.807, 2.05) is 4.90 Å². The van der Waals surface area contributed by atoms with Gasteiger partial charge in [-0.2, -0.15) is 0 Å². The number of rotatable bonds is 3. The van der Waals surface area contributed by atoms with Gasteiger partial charge in [0, 0.05) is 23.9 Å². The number of carbonyl (C=O) groups excluding carboxylic acids is 1. The standard InChI is InChI=1S/C16H23NO3S/c1-3-12-10-14(21-11(12)2)15(18)17-6-4-13(5-7-17)16-19-8-9-20-16/h10,13,16H,3-9H2,1-2H3. The maximum atomic E-state index is 12.6. The summed E-state index contributed by atoms with van der Waals surface area (Å²) < 4.78 is 11.2. The van der Waals surface area contributed by atoms with Gasteiger partial charge in [0.1, 0.15) is 0 Å². The summed E-state index contributed by atoms with van der Waals surface area (Å²) in [4.78, 5) is 16.7. The van der Waals surface area contributed by atoms with Gasteiger partial charge < -0.3 is 14.4 Å². The van der Waals surface area contributed by atoms with Crippen LogP contribution in [0, 0.1) is 12.8 Å². The van der Waals surface area contributed by atoms with Crippen LogP contribution < -0.4 is 0 Å². The molecule has 0 bridgehead atoms. The fourth-order valence-corrected chi connectivity index (χ4v) is 4.24. The lowest BCUT2D eigenvalue weighted by molar-refractivity contribution is -0.0955. The number of carbonyl (C=O) groups is 1. The van der Waals surface area contributed by atoms with E-state index < -0.39 is 0 Å². The largest absolute Gasteiger partial charge is 0.350 e. The first-order valence-corrected chi connectivity index (χ1v) is 8.62. The average Bonchev–Trinajstić information content (AvgIpc) is 3.16. The molecule has 0 saturated carbocycles. The smallest absolute Gasteiger partial charge is 0.263 e. The Balaban J connectivity index is 1.59. The third-order valence-corrected chi connectivity index (χ3v) is 5.55. The van der Waals surface area contributed by atoms with Gasteiger partial charge in [-0.1, -0.05) is 6.92 Å². The van der Waals surface area contributed by atoms with Crippen LogP contribution in [0.5, 0.6) is 0 Å². The van der Waals surface area contributed by atoms with Crippen LogP contribution in [0.25, 0.3) is 0 Å². The Morgan fingerprint density at radius 2 is 2.00 bits per heavy atom. The van der Waals surface area contributed by atoms with E-state index in [1.54, 1.807) is 11.3 Å². The number of aryl methyl sites for hydroxylation is 2. The summed E-state index contributed by atoms with van der Waals surface area (Å²) in [7, 11) is 0. The van der Waals surface area contributed by atoms with E-state index in [9.17, 15) is 4.79 Å². The van der Waals surface area contributed by atoms with Gasteiger partial charge in [-0.15, -0.1) is 11.3 Å². The molecular weight excluding hydrogens is 286 g/mol. The van der Waals surface area contributed by atoms with Crippen molar-refractivity contribution in [3.8, 4) is 0 Å². The monoisotopic (exact) mass is 309 g/mol. The molecule has 2 aliphatic heterocycles. The van der Waals surface area contributed by atoms with Crippen LogP contribution in [0.2, 0.25) is 0 Å². The molecule has 1 aromatic heterocycles. The Kier molecular flexibility index (Phi) is 4.62. The van der Waals surface area contributed by atoms with E-state index in [0.717, 1.165) is 37.2 Å². The lowest BCUT2D eigenvalue weighted by Gasteiger charge is -2.33. The second-order valence-corrected chi connectivity index (χ2v) is 7.04. The molecule has 0 spiro atoms. The van der Waals surface area contributed by atoms with Crippen LogP contribution in [0.1, 0.15) is 39.9 Å². The fraction of sp³-hybridized carbons (Fsp3) is 0.688. The molecule has 0 N–H and O–H groups in total. The minimum Gasteiger partial charge on any atom is -0.350 e. The lowest BCUT2D eigenvalue weighted by Crippen LogP contribution is -2.41. The highest BCUT2D eigenvalue weighted by Crippen LogP contribution is 2.28. The highest BCUT2D eigenvalue weighted by molar-refractivity contribution is 7.14. The van der Waals surface area contributed by atoms with Crippen molar-refractivity contribution in [2.24, 2.45) is 5.92 Å². The zero-order valence-electron chi connectivity index (χ0n) is 12.8. The third kappa shape index (κ3) is 3.15. The summed E-state index contributed by atoms with van der Waals surface area (Å²) in [5, 5.41) is 0. The predicted octanol–water partition coefficient (Wildman–Crippen LogP) is 2.84. The molecule has 0 radical (unpaired) electrons. The number of piperidine rings is 1. The number of likely N-dealkylation sites (tertiary alicyclic amines) is 1. The first-order valence-electron chi connectivity index (χ1n) is 7.81. The van der Waals surface area contributed by atoms with Crippen molar-refractivity contribution in [2.45, 2.75) is 39.4 Å². The van der Waals surface area contributed by atoms with Crippen molar-refractivity contribution >= 4 is 17.2 Å². The van der Waals surface area contributed by atoms with Gasteiger partial charge in [-0.05, 0) is 37.8 Å². The van der Waals surface area contributed by atoms with Crippen molar-refractivity contribution in [2.75, 3.05) is 26.3 Å². The van der Waals surface area contributed by atoms with Gasteiger partial charge in [0.2, 0.25) is 0 Å². The zero-order valence-corrected chi connectivity index (χ0v) is 13.6. The maximum Gasteiger partial charge on any atom is 0.263 e. The Hall–Kier alpha value is -0.910. The fourth-order valence-electron chi connectivity index (χ4n) is 3.16. The normalized spacial score (nSPS) is 21.1. The molecule has 1 aromatic rings. The van der Waals surface area contributed by atoms with E-state index in [2.05, 4.69) is 19.9 Å². The van der Waals surface area contributed by atoms with Crippen molar-refractivity contribution in [1.29, 1.82) is 0 Å². The van der Waals surface area contributed by atoms with Gasteiger partial charge in [0.05, 0.1) is 18.1 Å². The van der Waals surface area contributed by atoms with Crippen molar-refractivity contribution in [3.05, 3.63) is 21.4 Å². The van der Waals surface area contributed by atoms with Crippen LogP contribution in [0.4, 0.5) is 0 Å². The number of hydrogen-bond donors (Lipinski definition) is 0. The molecule has 0 unspecified atom stereocenters. The Morgan fingerprint density at radius 1 is 1.33 bits per heavy atom. The summed E-state index contributed by atoms with van der Waals surface area (Å²) in [5.41, 5.74) is 1.30. The Bertz CT molecular complexity index is 500. The van der Waals surface area contributed by atoms with Crippen LogP contribution in [0.3, 0.4) is 0 Å². The number of amides is 1. The highest BCUT2D eigenvalue weighted by Gasteiger charge is 2.32. The number of hydrogen-bond acceptors (Lipinski definition) is 4. The van der Waals surface area contributed by atoms with Crippen molar-refractivity contribution < 1.29 is 14.3 Å². The molecule has 1 amide bonds. The Morgan fingerprint density at radius 3 is 2.57 bits per heavy atom. The minimum absolute atomic E-state index is 0.0436. The molecule has 4 nitrogen and oxygen atoms in total. The molecular formula is C16H23NO3S. The first kappa shape index (κ1) is 15.0. The van der Waals surface area contributed by atoms with E-state index >= 15 is 0 Å². The molecule has 3 rings (SSSR count). The van der Waals surface area contributed by atoms with Crippen LogP contribution in [0.15, 0.2) is 6.07 Å². The van der Waals surface area contributed by atoms with Gasteiger partial charge in [0.25, 0.3) is 5.91 Å². The summed E-state index contributed by atoms with van der Waals surface area (Å²) in [6, 6.07) is 2.07. The van der Waals surface area contributed by atoms with Crippen molar-refractivity contribution in [3.63, 3.8) is 0 Å². The van der Waals surface area contributed by atoms with Crippen molar-refractivity contribution in [1.82, 2.24) is 4.90 Å². The molecule has 5 heteroatoms. The van der Waals surface area contributed by atoms with Gasteiger partial charge in [0.15, 0.2) is 6.29 Å². The van der Waals surface area contributed by atoms with E-state index in [4.69, 9.17) is 9.47 Å². The van der Waals surface area contributed by atoms with Crippen LogP contribution in [-0.2, 0) is 15.9 Å². The molecule has 116 valence electrons. The summed E-state index contributed by atoms with van der Waals surface area (Å²) in [6.45, 7) is 7.27. The zero-order chi connectivity index (χ0) is 14.8. The molecule has 2 saturated heterocycles. The quantitative estimate of drug-likeness (QED) is 0.862. The minimum atomic E-state index is -0.0436. The molecule has 3 heterocycles. The summed E-state index contributed by atoms with van der Waals surface area (Å²) in [6.07, 6.45) is 2.90. The second-order valence-electron chi connectivity index (χ2n) is 5.79. The van der Waals surface area contributed by atoms with Gasteiger partial charge in [-0.3, -0.25) is 4.79 Å². The van der Waals surface area contributed by atoms with Crippen LogP contribution >= 0.6 is 11.3 Å². The molecule has 0 atom stereocenters. The first-order chi connectivity index (χ1) is 10.2. The molecule has 21 heavy (non-hydrogen) atoms. The summed E-state index contributed by atoms with van der Waals surface area (Å²) >= 11 is 1.63. The highest BCUT2D eigenvalue weighted by atomic mass is 32.1. The second kappa shape index (κ2) is 6.46. The molecule has 0 aromatic carbocycles. The van der Waals surface area contributed by atoms with E-state index in [0.29, 0.717) is 19.1 Å². The van der Waals surface area contributed by atoms with E-state index in [1.165, 1.54) is 10.4 Å². The predicted molar refractivity (Wildman–Crippen MR) is 82.8 cm³/mol. The Labute approximate surface area is 130 Å². The maximum absolute atomic E-state index is 12.6. The lowest BCUT2D eigenvalue weighted by atomic mass is 9.96. The number of thiophene rings is 1. The molecule has 2 aliphatic rings. The molecule has 0 aliphatic carbocycles. The molecule has 2 fully saturated rings. The number of nitrogens with zero attached hydrogens (tertiary/aromatic N) is 1. The van der Waals surface area contributed by atoms with E-state index in [-0.39, 0.29) is 12.2 Å². The SMILES string of the molecule is CCc1cc(C(=O)N2CCC(C3OCCO3)CC2)sc1C. The van der Waals surface area contributed by atoms with Gasteiger partial charge in [-0.25, -0.2) is 0 Å². The number of ether oxygens (including phenoxy) is 2. The third-order valence-electron chi connectivity index (χ3n) is 4.47. The average molecular weight is 309 g/mol.